The number of unbranched alkanes of at least 4 members (excludes halogenated alkanes) is 1. The largest absolute Gasteiger partial charge is 0.326 e. The van der Waals surface area contributed by atoms with Crippen molar-refractivity contribution in [3.8, 4) is 0 Å². The lowest BCUT2D eigenvalue weighted by molar-refractivity contribution is 0.773. The smallest absolute Gasteiger partial charge is 0.251 e. The van der Waals surface area contributed by atoms with Crippen LogP contribution in [0.25, 0.3) is 0 Å². The Balaban J connectivity index is 2.76. The highest BCUT2D eigenvalue weighted by Gasteiger charge is 1.95. The molecular weight excluding hydrogens is 150 g/mol. The molecule has 0 saturated heterocycles. The number of pyridine rings is 1. The van der Waals surface area contributed by atoms with Crippen molar-refractivity contribution in [3.63, 3.8) is 0 Å². The van der Waals surface area contributed by atoms with Gasteiger partial charge in [0.1, 0.15) is 0 Å². The number of aryl methyl sites for hydroxylation is 1. The van der Waals surface area contributed by atoms with E-state index >= 15 is 0 Å². The van der Waals surface area contributed by atoms with Gasteiger partial charge >= 0.3 is 0 Å². The van der Waals surface area contributed by atoms with Crippen LogP contribution in [0.2, 0.25) is 0 Å². The van der Waals surface area contributed by atoms with Crippen LogP contribution in [-0.4, -0.2) is 4.98 Å². The number of aromatic nitrogens is 1. The third-order valence-corrected chi connectivity index (χ3v) is 1.85. The number of hydrogen-bond donors (Lipinski definition) is 1. The molecule has 12 heavy (non-hydrogen) atoms. The molecule has 65 valence electrons. The highest BCUT2D eigenvalue weighted by atomic mass is 16.1. The summed E-state index contributed by atoms with van der Waals surface area (Å²) < 4.78 is 0. The molecule has 0 aromatic carbocycles. The molecule has 0 amide bonds. The summed E-state index contributed by atoms with van der Waals surface area (Å²) in [4.78, 5) is 13.9. The molecule has 0 unspecified atom stereocenters. The zero-order valence-corrected chi connectivity index (χ0v) is 7.39. The average molecular weight is 164 g/mol. The highest BCUT2D eigenvalue weighted by molar-refractivity contribution is 5.16. The maximum absolute atomic E-state index is 11.1. The third kappa shape index (κ3) is 2.22. The minimum atomic E-state index is -0.0661. The molecule has 2 heteroatoms. The van der Waals surface area contributed by atoms with Gasteiger partial charge in [-0.2, -0.15) is 0 Å². The minimum Gasteiger partial charge on any atom is -0.326 e. The summed E-state index contributed by atoms with van der Waals surface area (Å²) in [7, 11) is 0. The molecule has 0 aliphatic carbocycles. The summed E-state index contributed by atoms with van der Waals surface area (Å²) >= 11 is 0. The van der Waals surface area contributed by atoms with Crippen molar-refractivity contribution in [3.05, 3.63) is 40.7 Å². The van der Waals surface area contributed by atoms with Gasteiger partial charge < -0.3 is 4.98 Å². The van der Waals surface area contributed by atoms with Gasteiger partial charge in [0.25, 0.3) is 5.56 Å². The summed E-state index contributed by atoms with van der Waals surface area (Å²) in [5.41, 5.74) is 1.48. The van der Waals surface area contributed by atoms with E-state index in [1.807, 2.05) is 6.07 Å². The molecule has 0 saturated carbocycles. The fourth-order valence-electron chi connectivity index (χ4n) is 1.06. The first-order chi connectivity index (χ1) is 5.74. The Hall–Kier alpha value is -1.05. The molecule has 0 aliphatic rings. The van der Waals surface area contributed by atoms with Gasteiger partial charge in [0.2, 0.25) is 0 Å². The van der Waals surface area contributed by atoms with Crippen molar-refractivity contribution in [2.24, 2.45) is 0 Å². The van der Waals surface area contributed by atoms with Crippen molar-refractivity contribution in [1.82, 2.24) is 4.98 Å². The molecule has 0 bridgehead atoms. The van der Waals surface area contributed by atoms with Gasteiger partial charge in [0.15, 0.2) is 0 Å². The zero-order valence-electron chi connectivity index (χ0n) is 7.39. The summed E-state index contributed by atoms with van der Waals surface area (Å²) in [6.45, 7) is 5.73. The molecule has 1 rings (SSSR count). The third-order valence-electron chi connectivity index (χ3n) is 1.85. The van der Waals surface area contributed by atoms with Gasteiger partial charge in [0, 0.05) is 11.3 Å². The van der Waals surface area contributed by atoms with Crippen molar-refractivity contribution in [2.75, 3.05) is 0 Å². The molecule has 1 N–H and O–H groups in total. The topological polar surface area (TPSA) is 32.9 Å². The van der Waals surface area contributed by atoms with Crippen molar-refractivity contribution < 1.29 is 0 Å². The Morgan fingerprint density at radius 1 is 1.50 bits per heavy atom. The van der Waals surface area contributed by atoms with E-state index in [4.69, 9.17) is 0 Å². The second-order valence-electron chi connectivity index (χ2n) is 2.94. The van der Waals surface area contributed by atoms with Crippen LogP contribution >= 0.6 is 0 Å². The van der Waals surface area contributed by atoms with Crippen LogP contribution < -0.4 is 5.56 Å². The molecule has 1 radical (unpaired) electrons. The number of H-pyrrole nitrogens is 1. The van der Waals surface area contributed by atoms with E-state index in [1.165, 1.54) is 0 Å². The summed E-state index contributed by atoms with van der Waals surface area (Å²) in [5.74, 6) is 0. The summed E-state index contributed by atoms with van der Waals surface area (Å²) in [6.07, 6.45) is 3.21. The van der Waals surface area contributed by atoms with Crippen molar-refractivity contribution in [1.29, 1.82) is 0 Å². The maximum Gasteiger partial charge on any atom is 0.251 e. The number of aromatic amines is 1. The molecule has 1 heterocycles. The first-order valence-electron chi connectivity index (χ1n) is 4.28. The minimum absolute atomic E-state index is 0.0661. The SMILES string of the molecule is [CH2]c1ccc(CCCC)[nH]c1=O. The van der Waals surface area contributed by atoms with E-state index in [0.717, 1.165) is 25.0 Å². The van der Waals surface area contributed by atoms with Gasteiger partial charge in [0.05, 0.1) is 0 Å². The number of hydrogen-bond acceptors (Lipinski definition) is 1. The predicted octanol–water partition coefficient (Wildman–Crippen LogP) is 1.90. The van der Waals surface area contributed by atoms with Crippen LogP contribution in [0.1, 0.15) is 31.0 Å². The Morgan fingerprint density at radius 2 is 2.25 bits per heavy atom. The average Bonchev–Trinajstić information content (AvgIpc) is 2.07. The van der Waals surface area contributed by atoms with Crippen LogP contribution in [-0.2, 0) is 6.42 Å². The maximum atomic E-state index is 11.1. The first kappa shape index (κ1) is 9.04. The van der Waals surface area contributed by atoms with Gasteiger partial charge in [-0.1, -0.05) is 19.4 Å². The van der Waals surface area contributed by atoms with Gasteiger partial charge in [-0.25, -0.2) is 0 Å². The monoisotopic (exact) mass is 164 g/mol. The lowest BCUT2D eigenvalue weighted by atomic mass is 10.2. The molecule has 2 nitrogen and oxygen atoms in total. The Labute approximate surface area is 72.6 Å². The molecule has 1 aromatic heterocycles. The Morgan fingerprint density at radius 3 is 2.83 bits per heavy atom. The Kier molecular flexibility index (Phi) is 3.09. The lowest BCUT2D eigenvalue weighted by Gasteiger charge is -1.99. The van der Waals surface area contributed by atoms with Crippen LogP contribution in [0, 0.1) is 6.92 Å². The number of rotatable bonds is 3. The van der Waals surface area contributed by atoms with Crippen molar-refractivity contribution >= 4 is 0 Å². The molecular formula is C10H14NO. The highest BCUT2D eigenvalue weighted by Crippen LogP contribution is 1.99. The van der Waals surface area contributed by atoms with E-state index in [9.17, 15) is 4.79 Å². The van der Waals surface area contributed by atoms with E-state index in [0.29, 0.717) is 5.56 Å². The Bertz CT molecular complexity index is 301. The molecule has 0 fully saturated rings. The quantitative estimate of drug-likeness (QED) is 0.727. The summed E-state index contributed by atoms with van der Waals surface area (Å²) in [6, 6.07) is 3.70. The molecule has 0 aliphatic heterocycles. The van der Waals surface area contributed by atoms with Gasteiger partial charge in [-0.3, -0.25) is 4.79 Å². The standard InChI is InChI=1S/C10H14NO/c1-3-4-5-9-7-6-8(2)10(12)11-9/h6-7H,2-5H2,1H3,(H,11,12). The van der Waals surface area contributed by atoms with Crippen molar-refractivity contribution in [2.45, 2.75) is 26.2 Å². The van der Waals surface area contributed by atoms with E-state index < -0.39 is 0 Å². The molecule has 0 spiro atoms. The van der Waals surface area contributed by atoms with E-state index in [1.54, 1.807) is 6.07 Å². The van der Waals surface area contributed by atoms with E-state index in [2.05, 4.69) is 18.8 Å². The fourth-order valence-corrected chi connectivity index (χ4v) is 1.06. The van der Waals surface area contributed by atoms with Crippen LogP contribution in [0.15, 0.2) is 16.9 Å². The normalized spacial score (nSPS) is 10.2. The van der Waals surface area contributed by atoms with Crippen LogP contribution in [0.4, 0.5) is 0 Å². The first-order valence-corrected chi connectivity index (χ1v) is 4.28. The molecule has 1 aromatic rings. The molecule has 0 atom stereocenters. The summed E-state index contributed by atoms with van der Waals surface area (Å²) in [5, 5.41) is 0. The second-order valence-corrected chi connectivity index (χ2v) is 2.94. The number of nitrogens with one attached hydrogen (secondary N) is 1. The second kappa shape index (κ2) is 4.10. The predicted molar refractivity (Wildman–Crippen MR) is 50.1 cm³/mol. The fraction of sp³-hybridized carbons (Fsp3) is 0.400. The lowest BCUT2D eigenvalue weighted by Crippen LogP contribution is -2.11. The van der Waals surface area contributed by atoms with Crippen LogP contribution in [0.5, 0.6) is 0 Å². The zero-order chi connectivity index (χ0) is 8.97. The van der Waals surface area contributed by atoms with Gasteiger partial charge in [-0.05, 0) is 25.8 Å². The van der Waals surface area contributed by atoms with Crippen LogP contribution in [0.3, 0.4) is 0 Å². The van der Waals surface area contributed by atoms with E-state index in [-0.39, 0.29) is 5.56 Å². The van der Waals surface area contributed by atoms with Gasteiger partial charge in [-0.15, -0.1) is 0 Å².